The van der Waals surface area contributed by atoms with Gasteiger partial charge in [-0.2, -0.15) is 13.2 Å². The van der Waals surface area contributed by atoms with Crippen LogP contribution < -0.4 is 5.32 Å². The second kappa shape index (κ2) is 4.82. The highest BCUT2D eigenvalue weighted by Crippen LogP contribution is 2.30. The first-order chi connectivity index (χ1) is 7.36. The van der Waals surface area contributed by atoms with Crippen molar-refractivity contribution in [3.63, 3.8) is 0 Å². The number of benzene rings is 1. The molecule has 0 aliphatic heterocycles. The van der Waals surface area contributed by atoms with Crippen LogP contribution in [0.4, 0.5) is 17.6 Å². The molecule has 2 unspecified atom stereocenters. The van der Waals surface area contributed by atoms with Gasteiger partial charge < -0.3 is 5.32 Å². The molecule has 0 saturated carbocycles. The van der Waals surface area contributed by atoms with E-state index in [1.165, 1.54) is 12.1 Å². The highest BCUT2D eigenvalue weighted by Gasteiger charge is 2.30. The van der Waals surface area contributed by atoms with E-state index >= 15 is 0 Å². The largest absolute Gasteiger partial charge is 0.416 e. The maximum atomic E-state index is 13.6. The third-order valence-electron chi connectivity index (χ3n) is 2.45. The molecule has 16 heavy (non-hydrogen) atoms. The molecule has 0 aromatic heterocycles. The van der Waals surface area contributed by atoms with Gasteiger partial charge in [0.1, 0.15) is 6.17 Å². The predicted octanol–water partition coefficient (Wildman–Crippen LogP) is 3.32. The van der Waals surface area contributed by atoms with E-state index in [2.05, 4.69) is 5.32 Å². The minimum Gasteiger partial charge on any atom is -0.314 e. The van der Waals surface area contributed by atoms with Crippen LogP contribution >= 0.6 is 0 Å². The number of hydrogen-bond donors (Lipinski definition) is 1. The van der Waals surface area contributed by atoms with Gasteiger partial charge in [-0.1, -0.05) is 12.1 Å². The molecule has 5 heteroatoms. The van der Waals surface area contributed by atoms with E-state index in [1.54, 1.807) is 14.0 Å². The Labute approximate surface area is 91.5 Å². The number of halogens is 4. The third kappa shape index (κ3) is 2.95. The lowest BCUT2D eigenvalue weighted by atomic mass is 10.0. The molecule has 1 N–H and O–H groups in total. The van der Waals surface area contributed by atoms with E-state index in [0.29, 0.717) is 0 Å². The first-order valence-electron chi connectivity index (χ1n) is 4.84. The SMILES string of the molecule is CNC(C)C(F)c1ccc(C(F)(F)F)cc1. The van der Waals surface area contributed by atoms with Crippen molar-refractivity contribution in [1.82, 2.24) is 5.32 Å². The van der Waals surface area contributed by atoms with Crippen molar-refractivity contribution in [2.75, 3.05) is 7.05 Å². The van der Waals surface area contributed by atoms with Gasteiger partial charge >= 0.3 is 6.18 Å². The molecule has 0 aliphatic carbocycles. The van der Waals surface area contributed by atoms with Gasteiger partial charge in [0, 0.05) is 6.04 Å². The van der Waals surface area contributed by atoms with Crippen LogP contribution in [0, 0.1) is 0 Å². The van der Waals surface area contributed by atoms with Gasteiger partial charge in [0.15, 0.2) is 0 Å². The highest BCUT2D eigenvalue weighted by molar-refractivity contribution is 5.26. The minimum atomic E-state index is -4.38. The molecule has 0 aliphatic rings. The number of alkyl halides is 4. The summed E-state index contributed by atoms with van der Waals surface area (Å²) in [5, 5.41) is 2.71. The second-order valence-corrected chi connectivity index (χ2v) is 3.60. The van der Waals surface area contributed by atoms with Gasteiger partial charge in [-0.05, 0) is 31.7 Å². The van der Waals surface area contributed by atoms with Crippen LogP contribution in [0.5, 0.6) is 0 Å². The molecule has 0 amide bonds. The average molecular weight is 235 g/mol. The lowest BCUT2D eigenvalue weighted by Crippen LogP contribution is -2.26. The monoisotopic (exact) mass is 235 g/mol. The molecule has 0 spiro atoms. The number of rotatable bonds is 3. The molecule has 1 aromatic rings. The Hall–Kier alpha value is -1.10. The molecule has 0 fully saturated rings. The fourth-order valence-electron chi connectivity index (χ4n) is 1.29. The van der Waals surface area contributed by atoms with E-state index in [1.807, 2.05) is 0 Å². The number of likely N-dealkylation sites (N-methyl/N-ethyl adjacent to an activating group) is 1. The Kier molecular flexibility index (Phi) is 3.91. The molecule has 2 atom stereocenters. The molecule has 0 saturated heterocycles. The van der Waals surface area contributed by atoms with E-state index in [0.717, 1.165) is 12.1 Å². The fourth-order valence-corrected chi connectivity index (χ4v) is 1.29. The summed E-state index contributed by atoms with van der Waals surface area (Å²) in [5.74, 6) is 0. The predicted molar refractivity (Wildman–Crippen MR) is 53.8 cm³/mol. The van der Waals surface area contributed by atoms with Crippen LogP contribution in [0.2, 0.25) is 0 Å². The number of nitrogens with one attached hydrogen (secondary N) is 1. The van der Waals surface area contributed by atoms with Crippen LogP contribution in [0.1, 0.15) is 24.2 Å². The fraction of sp³-hybridized carbons (Fsp3) is 0.455. The summed E-state index contributed by atoms with van der Waals surface area (Å²) in [6, 6.07) is 3.69. The van der Waals surface area contributed by atoms with Crippen LogP contribution in [0.15, 0.2) is 24.3 Å². The van der Waals surface area contributed by atoms with Gasteiger partial charge in [0.25, 0.3) is 0 Å². The second-order valence-electron chi connectivity index (χ2n) is 3.60. The first kappa shape index (κ1) is 13.0. The van der Waals surface area contributed by atoms with Crippen molar-refractivity contribution in [2.45, 2.75) is 25.3 Å². The molecule has 0 heterocycles. The molecular formula is C11H13F4N. The Balaban J connectivity index is 2.87. The zero-order valence-electron chi connectivity index (χ0n) is 8.98. The molecule has 1 rings (SSSR count). The summed E-state index contributed by atoms with van der Waals surface area (Å²) in [7, 11) is 1.60. The molecule has 1 aromatic carbocycles. The van der Waals surface area contributed by atoms with Crippen molar-refractivity contribution in [2.24, 2.45) is 0 Å². The van der Waals surface area contributed by atoms with Crippen LogP contribution in [-0.4, -0.2) is 13.1 Å². The van der Waals surface area contributed by atoms with Crippen molar-refractivity contribution < 1.29 is 17.6 Å². The zero-order valence-corrected chi connectivity index (χ0v) is 8.98. The molecule has 1 nitrogen and oxygen atoms in total. The third-order valence-corrected chi connectivity index (χ3v) is 2.45. The highest BCUT2D eigenvalue weighted by atomic mass is 19.4. The summed E-state index contributed by atoms with van der Waals surface area (Å²) < 4.78 is 50.3. The lowest BCUT2D eigenvalue weighted by molar-refractivity contribution is -0.137. The van der Waals surface area contributed by atoms with Crippen LogP contribution in [-0.2, 0) is 6.18 Å². The topological polar surface area (TPSA) is 12.0 Å². The smallest absolute Gasteiger partial charge is 0.314 e. The Morgan fingerprint density at radius 3 is 2.00 bits per heavy atom. The van der Waals surface area contributed by atoms with Crippen LogP contribution in [0.25, 0.3) is 0 Å². The maximum absolute atomic E-state index is 13.6. The van der Waals surface area contributed by atoms with Crippen molar-refractivity contribution >= 4 is 0 Å². The summed E-state index contributed by atoms with van der Waals surface area (Å²) in [6.45, 7) is 1.63. The van der Waals surface area contributed by atoms with Crippen LogP contribution in [0.3, 0.4) is 0 Å². The molecule has 0 bridgehead atoms. The Morgan fingerprint density at radius 2 is 1.62 bits per heavy atom. The first-order valence-corrected chi connectivity index (χ1v) is 4.84. The molecule has 90 valence electrons. The summed E-state index contributed by atoms with van der Waals surface area (Å²) >= 11 is 0. The van der Waals surface area contributed by atoms with Gasteiger partial charge in [0.05, 0.1) is 5.56 Å². The number of hydrogen-bond acceptors (Lipinski definition) is 1. The summed E-state index contributed by atoms with van der Waals surface area (Å²) in [6.07, 6.45) is -5.69. The van der Waals surface area contributed by atoms with Gasteiger partial charge in [-0.3, -0.25) is 0 Å². The minimum absolute atomic E-state index is 0.245. The van der Waals surface area contributed by atoms with Gasteiger partial charge in [-0.15, -0.1) is 0 Å². The summed E-state index contributed by atoms with van der Waals surface area (Å²) in [5.41, 5.74) is -0.518. The Morgan fingerprint density at radius 1 is 1.12 bits per heavy atom. The lowest BCUT2D eigenvalue weighted by Gasteiger charge is -2.16. The average Bonchev–Trinajstić information content (AvgIpc) is 2.26. The quantitative estimate of drug-likeness (QED) is 0.792. The van der Waals surface area contributed by atoms with E-state index in [9.17, 15) is 17.6 Å². The molecular weight excluding hydrogens is 222 g/mol. The normalized spacial score (nSPS) is 15.9. The standard InChI is InChI=1S/C11H13F4N/c1-7(16-2)10(12)8-3-5-9(6-4-8)11(13,14)15/h3-7,10,16H,1-2H3. The van der Waals surface area contributed by atoms with E-state index in [4.69, 9.17) is 0 Å². The maximum Gasteiger partial charge on any atom is 0.416 e. The van der Waals surface area contributed by atoms with E-state index < -0.39 is 24.0 Å². The van der Waals surface area contributed by atoms with E-state index in [-0.39, 0.29) is 5.56 Å². The Bertz CT molecular complexity index is 331. The zero-order chi connectivity index (χ0) is 12.3. The van der Waals surface area contributed by atoms with Gasteiger partial charge in [0.2, 0.25) is 0 Å². The van der Waals surface area contributed by atoms with Crippen molar-refractivity contribution in [3.05, 3.63) is 35.4 Å². The van der Waals surface area contributed by atoms with Gasteiger partial charge in [-0.25, -0.2) is 4.39 Å². The summed E-state index contributed by atoms with van der Waals surface area (Å²) in [4.78, 5) is 0. The van der Waals surface area contributed by atoms with Crippen molar-refractivity contribution in [3.8, 4) is 0 Å². The molecule has 0 radical (unpaired) electrons. The van der Waals surface area contributed by atoms with Crippen molar-refractivity contribution in [1.29, 1.82) is 0 Å².